The van der Waals surface area contributed by atoms with Crippen LogP contribution in [0.15, 0.2) is 28.7 Å². The van der Waals surface area contributed by atoms with Crippen LogP contribution in [-0.4, -0.2) is 18.2 Å². The molecule has 0 radical (unpaired) electrons. The molecule has 0 saturated carbocycles. The number of fused-ring (bicyclic) bond motifs is 1. The highest BCUT2D eigenvalue weighted by Gasteiger charge is 2.14. The van der Waals surface area contributed by atoms with Crippen LogP contribution in [0.1, 0.15) is 17.7 Å². The summed E-state index contributed by atoms with van der Waals surface area (Å²) in [5, 5.41) is 1.75. The maximum absolute atomic E-state index is 6.38. The van der Waals surface area contributed by atoms with Crippen LogP contribution in [0, 0.1) is 6.92 Å². The summed E-state index contributed by atoms with van der Waals surface area (Å²) in [4.78, 5) is 4.73. The van der Waals surface area contributed by atoms with Crippen LogP contribution in [-0.2, 0) is 4.74 Å². The van der Waals surface area contributed by atoms with Crippen molar-refractivity contribution >= 4 is 44.0 Å². The third-order valence-corrected chi connectivity index (χ3v) is 4.19. The van der Waals surface area contributed by atoms with Crippen molar-refractivity contribution in [3.8, 4) is 0 Å². The number of hydrogen-bond donors (Lipinski definition) is 0. The summed E-state index contributed by atoms with van der Waals surface area (Å²) < 4.78 is 6.36. The summed E-state index contributed by atoms with van der Waals surface area (Å²) in [7, 11) is 0. The first kappa shape index (κ1) is 13.1. The molecule has 0 aliphatic carbocycles. The van der Waals surface area contributed by atoms with Crippen LogP contribution < -0.4 is 0 Å². The van der Waals surface area contributed by atoms with Gasteiger partial charge >= 0.3 is 0 Å². The second-order valence-electron chi connectivity index (χ2n) is 4.69. The van der Waals surface area contributed by atoms with E-state index >= 15 is 0 Å². The first-order chi connectivity index (χ1) is 9.15. The fraction of sp³-hybridized carbons (Fsp3) is 0.267. The van der Waals surface area contributed by atoms with E-state index in [0.717, 1.165) is 34.1 Å². The van der Waals surface area contributed by atoms with E-state index in [-0.39, 0.29) is 0 Å². The molecule has 1 aliphatic heterocycles. The normalized spacial score (nSPS) is 15.6. The standard InChI is InChI=1S/C15H13BrClNO/c1-9-6-12(16)11-8-13(17)15(18-14(11)7-9)10-2-4-19-5-3-10/h2,6-8H,3-5H2,1H3. The number of ether oxygens (including phenoxy) is 1. The van der Waals surface area contributed by atoms with Gasteiger partial charge in [0.25, 0.3) is 0 Å². The lowest BCUT2D eigenvalue weighted by Crippen LogP contribution is -2.05. The first-order valence-corrected chi connectivity index (χ1v) is 7.36. The van der Waals surface area contributed by atoms with E-state index in [0.29, 0.717) is 11.6 Å². The van der Waals surface area contributed by atoms with E-state index in [4.69, 9.17) is 21.3 Å². The molecule has 98 valence electrons. The highest BCUT2D eigenvalue weighted by Crippen LogP contribution is 2.32. The maximum atomic E-state index is 6.38. The molecule has 19 heavy (non-hydrogen) atoms. The molecule has 0 N–H and O–H groups in total. The van der Waals surface area contributed by atoms with Gasteiger partial charge in [-0.05, 0) is 42.7 Å². The van der Waals surface area contributed by atoms with Gasteiger partial charge in [-0.2, -0.15) is 0 Å². The Balaban J connectivity index is 2.21. The zero-order valence-electron chi connectivity index (χ0n) is 10.5. The Hall–Kier alpha value is -0.900. The minimum atomic E-state index is 0.642. The third kappa shape index (κ3) is 2.55. The molecule has 2 nitrogen and oxygen atoms in total. The van der Waals surface area contributed by atoms with Crippen molar-refractivity contribution in [3.05, 3.63) is 45.0 Å². The minimum Gasteiger partial charge on any atom is -0.377 e. The molecule has 0 unspecified atom stereocenters. The molecule has 3 rings (SSSR count). The Kier molecular flexibility index (Phi) is 3.61. The van der Waals surface area contributed by atoms with Gasteiger partial charge in [0.1, 0.15) is 0 Å². The SMILES string of the molecule is Cc1cc(Br)c2cc(Cl)c(C3=CCOCC3)nc2c1. The van der Waals surface area contributed by atoms with Crippen molar-refractivity contribution < 1.29 is 4.74 Å². The van der Waals surface area contributed by atoms with Gasteiger partial charge in [-0.3, -0.25) is 0 Å². The van der Waals surface area contributed by atoms with Crippen molar-refractivity contribution in [3.63, 3.8) is 0 Å². The first-order valence-electron chi connectivity index (χ1n) is 6.19. The highest BCUT2D eigenvalue weighted by molar-refractivity contribution is 9.10. The second kappa shape index (κ2) is 5.23. The summed E-state index contributed by atoms with van der Waals surface area (Å²) in [5.41, 5.74) is 4.21. The van der Waals surface area contributed by atoms with E-state index in [9.17, 15) is 0 Å². The third-order valence-electron chi connectivity index (χ3n) is 3.25. The van der Waals surface area contributed by atoms with Crippen molar-refractivity contribution in [2.45, 2.75) is 13.3 Å². The molecule has 1 aliphatic rings. The van der Waals surface area contributed by atoms with Crippen LogP contribution in [0.4, 0.5) is 0 Å². The topological polar surface area (TPSA) is 22.1 Å². The van der Waals surface area contributed by atoms with Crippen LogP contribution in [0.3, 0.4) is 0 Å². The summed E-state index contributed by atoms with van der Waals surface area (Å²) in [6, 6.07) is 6.15. The zero-order chi connectivity index (χ0) is 13.4. The van der Waals surface area contributed by atoms with Gasteiger partial charge in [-0.1, -0.05) is 33.6 Å². The largest absolute Gasteiger partial charge is 0.377 e. The monoisotopic (exact) mass is 337 g/mol. The number of pyridine rings is 1. The van der Waals surface area contributed by atoms with E-state index in [1.165, 1.54) is 11.1 Å². The summed E-state index contributed by atoms with van der Waals surface area (Å²) in [6.45, 7) is 3.44. The lowest BCUT2D eigenvalue weighted by Gasteiger charge is -2.15. The fourth-order valence-electron chi connectivity index (χ4n) is 2.31. The number of halogens is 2. The molecular weight excluding hydrogens is 326 g/mol. The van der Waals surface area contributed by atoms with E-state index < -0.39 is 0 Å². The molecule has 1 aromatic carbocycles. The van der Waals surface area contributed by atoms with Crippen molar-refractivity contribution in [2.24, 2.45) is 0 Å². The average molecular weight is 339 g/mol. The highest BCUT2D eigenvalue weighted by atomic mass is 79.9. The summed E-state index contributed by atoms with van der Waals surface area (Å²) in [6.07, 6.45) is 2.93. The van der Waals surface area contributed by atoms with Gasteiger partial charge in [0.05, 0.1) is 29.4 Å². The smallest absolute Gasteiger partial charge is 0.0854 e. The van der Waals surface area contributed by atoms with Gasteiger partial charge in [-0.25, -0.2) is 4.98 Å². The van der Waals surface area contributed by atoms with E-state index in [1.807, 2.05) is 6.07 Å². The molecule has 4 heteroatoms. The molecule has 0 amide bonds. The zero-order valence-corrected chi connectivity index (χ0v) is 12.9. The lowest BCUT2D eigenvalue weighted by atomic mass is 10.0. The van der Waals surface area contributed by atoms with E-state index in [2.05, 4.69) is 41.1 Å². The van der Waals surface area contributed by atoms with Gasteiger partial charge in [-0.15, -0.1) is 0 Å². The number of benzene rings is 1. The number of aryl methyl sites for hydroxylation is 1. The fourth-order valence-corrected chi connectivity index (χ4v) is 3.26. The maximum Gasteiger partial charge on any atom is 0.0854 e. The second-order valence-corrected chi connectivity index (χ2v) is 5.95. The van der Waals surface area contributed by atoms with Gasteiger partial charge in [0, 0.05) is 9.86 Å². The van der Waals surface area contributed by atoms with Gasteiger partial charge in [0.15, 0.2) is 0 Å². The number of rotatable bonds is 1. The minimum absolute atomic E-state index is 0.642. The van der Waals surface area contributed by atoms with Crippen LogP contribution in [0.5, 0.6) is 0 Å². The van der Waals surface area contributed by atoms with Crippen LogP contribution >= 0.6 is 27.5 Å². The predicted molar refractivity (Wildman–Crippen MR) is 82.6 cm³/mol. The molecule has 0 fully saturated rings. The van der Waals surface area contributed by atoms with Crippen LogP contribution in [0.25, 0.3) is 16.5 Å². The summed E-state index contributed by atoms with van der Waals surface area (Å²) >= 11 is 9.95. The molecular formula is C15H13BrClNO. The Morgan fingerprint density at radius 3 is 2.89 bits per heavy atom. The Labute approximate surface area is 125 Å². The van der Waals surface area contributed by atoms with Gasteiger partial charge in [0.2, 0.25) is 0 Å². The quantitative estimate of drug-likeness (QED) is 0.747. The predicted octanol–water partition coefficient (Wildman–Crippen LogP) is 4.76. The Morgan fingerprint density at radius 1 is 1.32 bits per heavy atom. The lowest BCUT2D eigenvalue weighted by molar-refractivity contribution is 0.161. The molecule has 0 bridgehead atoms. The molecule has 0 spiro atoms. The number of hydrogen-bond acceptors (Lipinski definition) is 2. The number of aromatic nitrogens is 1. The van der Waals surface area contributed by atoms with E-state index in [1.54, 1.807) is 0 Å². The molecule has 2 aromatic rings. The molecule has 0 saturated heterocycles. The Morgan fingerprint density at radius 2 is 2.16 bits per heavy atom. The van der Waals surface area contributed by atoms with Crippen molar-refractivity contribution in [1.82, 2.24) is 4.98 Å². The van der Waals surface area contributed by atoms with Crippen molar-refractivity contribution in [2.75, 3.05) is 13.2 Å². The molecule has 1 aromatic heterocycles. The summed E-state index contributed by atoms with van der Waals surface area (Å²) in [5.74, 6) is 0. The van der Waals surface area contributed by atoms with Crippen molar-refractivity contribution in [1.29, 1.82) is 0 Å². The number of nitrogens with zero attached hydrogens (tertiary/aromatic N) is 1. The molecule has 0 atom stereocenters. The average Bonchev–Trinajstić information content (AvgIpc) is 2.40. The Bertz CT molecular complexity index is 681. The van der Waals surface area contributed by atoms with Crippen LogP contribution in [0.2, 0.25) is 5.02 Å². The molecule has 2 heterocycles. The van der Waals surface area contributed by atoms with Gasteiger partial charge < -0.3 is 4.74 Å².